The van der Waals surface area contributed by atoms with Gasteiger partial charge < -0.3 is 24.8 Å². The zero-order valence-corrected chi connectivity index (χ0v) is 29.2. The average Bonchev–Trinajstić information content (AvgIpc) is 3.76. The van der Waals surface area contributed by atoms with Crippen molar-refractivity contribution in [2.75, 3.05) is 36.4 Å². The lowest BCUT2D eigenvalue weighted by atomic mass is 10.2. The quantitative estimate of drug-likeness (QED) is 0.218. The van der Waals surface area contributed by atoms with Gasteiger partial charge in [-0.2, -0.15) is 22.7 Å². The first kappa shape index (κ1) is 34.9. The van der Waals surface area contributed by atoms with E-state index in [1.807, 2.05) is 42.2 Å². The highest BCUT2D eigenvalue weighted by molar-refractivity contribution is 7.22. The van der Waals surface area contributed by atoms with E-state index >= 15 is 0 Å². The zero-order chi connectivity index (χ0) is 36.9. The van der Waals surface area contributed by atoms with E-state index in [2.05, 4.69) is 20.4 Å². The highest BCUT2D eigenvalue weighted by Gasteiger charge is 2.32. The summed E-state index contributed by atoms with van der Waals surface area (Å²) < 4.78 is 43.4. The Balaban J connectivity index is 1.26. The number of hydrogen-bond acceptors (Lipinski definition) is 10. The number of carbonyl (C=O) groups excluding carboxylic acids is 2. The number of alkyl halides is 3. The van der Waals surface area contributed by atoms with E-state index in [0.29, 0.717) is 10.6 Å². The SMILES string of the molecule is CCc1c(N2CCN(C(=O)c3ncnc(C)c3O)CC2)c(=O)n2nc(-c3cc4ccccc4s3)nc2n1CC(=O)Nc1ccc(C(F)(F)F)cc1Cl. The molecular weight excluding hydrogens is 723 g/mol. The standard InChI is InChI=1S/C34H29ClF3N9O4S/c1-3-23-28(44-10-12-45(13-11-44)31(50)27-29(49)18(2)39-17-40-27)32(51)47-33(42-30(43-47)25-14-19-6-4-5-7-24(19)52-25)46(23)16-26(48)41-22-9-8-20(15-21(22)35)34(36,37)38/h4-9,14-15,17,49H,3,10-13,16H2,1-2H3,(H,41,48). The molecule has 52 heavy (non-hydrogen) atoms. The molecule has 0 radical (unpaired) electrons. The normalized spacial score (nSPS) is 13.7. The Bertz CT molecular complexity index is 2400. The van der Waals surface area contributed by atoms with Gasteiger partial charge in [0.15, 0.2) is 17.3 Å². The molecule has 268 valence electrons. The van der Waals surface area contributed by atoms with Gasteiger partial charge in [0.25, 0.3) is 11.5 Å². The van der Waals surface area contributed by atoms with Gasteiger partial charge in [-0.3, -0.25) is 14.4 Å². The van der Waals surface area contributed by atoms with Crippen LogP contribution in [0.15, 0.2) is 59.7 Å². The minimum Gasteiger partial charge on any atom is -0.504 e. The van der Waals surface area contributed by atoms with Crippen LogP contribution in [0.25, 0.3) is 26.6 Å². The van der Waals surface area contributed by atoms with E-state index in [0.717, 1.165) is 32.8 Å². The molecule has 0 bridgehead atoms. The Morgan fingerprint density at radius 2 is 1.81 bits per heavy atom. The van der Waals surface area contributed by atoms with E-state index in [4.69, 9.17) is 16.6 Å². The summed E-state index contributed by atoms with van der Waals surface area (Å²) in [6.45, 7) is 3.85. The Morgan fingerprint density at radius 1 is 1.06 bits per heavy atom. The Kier molecular flexibility index (Phi) is 9.08. The number of aromatic nitrogens is 6. The van der Waals surface area contributed by atoms with Crippen molar-refractivity contribution in [3.8, 4) is 16.5 Å². The van der Waals surface area contributed by atoms with E-state index in [1.165, 1.54) is 22.6 Å². The molecule has 2 amide bonds. The Morgan fingerprint density at radius 3 is 2.50 bits per heavy atom. The van der Waals surface area contributed by atoms with Crippen molar-refractivity contribution in [3.05, 3.63) is 92.9 Å². The molecule has 6 aromatic rings. The smallest absolute Gasteiger partial charge is 0.416 e. The molecule has 18 heteroatoms. The van der Waals surface area contributed by atoms with Gasteiger partial charge in [-0.1, -0.05) is 36.7 Å². The van der Waals surface area contributed by atoms with Crippen molar-refractivity contribution in [3.63, 3.8) is 0 Å². The first-order chi connectivity index (χ1) is 24.8. The molecule has 13 nitrogen and oxygen atoms in total. The molecule has 1 aliphatic rings. The second-order valence-corrected chi connectivity index (χ2v) is 13.5. The molecule has 5 heterocycles. The molecule has 2 N–H and O–H groups in total. The molecule has 4 aromatic heterocycles. The van der Waals surface area contributed by atoms with Gasteiger partial charge in [0, 0.05) is 30.9 Å². The zero-order valence-electron chi connectivity index (χ0n) is 27.6. The molecule has 0 spiro atoms. The number of aryl methyl sites for hydroxylation is 1. The van der Waals surface area contributed by atoms with Crippen molar-refractivity contribution in [2.24, 2.45) is 0 Å². The number of piperazine rings is 1. The van der Waals surface area contributed by atoms with E-state index < -0.39 is 29.1 Å². The number of benzene rings is 2. The fourth-order valence-electron chi connectivity index (χ4n) is 6.16. The van der Waals surface area contributed by atoms with Gasteiger partial charge in [0.2, 0.25) is 11.7 Å². The van der Waals surface area contributed by atoms with Crippen LogP contribution in [-0.4, -0.2) is 77.1 Å². The number of thiophene rings is 1. The van der Waals surface area contributed by atoms with Crippen LogP contribution in [0.4, 0.5) is 24.5 Å². The van der Waals surface area contributed by atoms with Crippen LogP contribution in [0.5, 0.6) is 5.75 Å². The summed E-state index contributed by atoms with van der Waals surface area (Å²) in [6, 6.07) is 12.3. The van der Waals surface area contributed by atoms with Gasteiger partial charge in [-0.25, -0.2) is 9.97 Å². The summed E-state index contributed by atoms with van der Waals surface area (Å²) in [7, 11) is 0. The number of carbonyl (C=O) groups is 2. The Hall–Kier alpha value is -5.55. The molecule has 0 atom stereocenters. The third-order valence-corrected chi connectivity index (χ3v) is 10.2. The van der Waals surface area contributed by atoms with Crippen LogP contribution in [0.2, 0.25) is 5.02 Å². The predicted molar refractivity (Wildman–Crippen MR) is 189 cm³/mol. The second-order valence-electron chi connectivity index (χ2n) is 12.0. The van der Waals surface area contributed by atoms with Gasteiger partial charge in [-0.15, -0.1) is 16.4 Å². The summed E-state index contributed by atoms with van der Waals surface area (Å²) >= 11 is 7.58. The van der Waals surface area contributed by atoms with Crippen LogP contribution in [0, 0.1) is 6.92 Å². The summed E-state index contributed by atoms with van der Waals surface area (Å²) in [5.74, 6) is -1.04. The minimum absolute atomic E-state index is 0.0202. The highest BCUT2D eigenvalue weighted by Crippen LogP contribution is 2.35. The third kappa shape index (κ3) is 6.41. The van der Waals surface area contributed by atoms with Crippen LogP contribution in [0.1, 0.15) is 34.4 Å². The Labute approximate surface area is 301 Å². The second kappa shape index (κ2) is 13.5. The number of amides is 2. The molecule has 7 rings (SSSR count). The lowest BCUT2D eigenvalue weighted by Crippen LogP contribution is -2.51. The van der Waals surface area contributed by atoms with Gasteiger partial charge in [0.05, 0.1) is 32.5 Å². The molecule has 1 aliphatic heterocycles. The van der Waals surface area contributed by atoms with Crippen LogP contribution >= 0.6 is 22.9 Å². The molecule has 2 aromatic carbocycles. The molecular formula is C34H29ClF3N9O4S. The fraction of sp³-hybridized carbons (Fsp3) is 0.265. The largest absolute Gasteiger partial charge is 0.504 e. The number of rotatable bonds is 7. The first-order valence-corrected chi connectivity index (χ1v) is 17.3. The number of aromatic hydroxyl groups is 1. The predicted octanol–water partition coefficient (Wildman–Crippen LogP) is 5.41. The molecule has 0 unspecified atom stereocenters. The number of nitrogens with one attached hydrogen (secondary N) is 1. The van der Waals surface area contributed by atoms with Gasteiger partial charge >= 0.3 is 6.18 Å². The summed E-state index contributed by atoms with van der Waals surface area (Å²) in [5.41, 5.74) is -0.577. The summed E-state index contributed by atoms with van der Waals surface area (Å²) in [4.78, 5) is 57.8. The maximum absolute atomic E-state index is 14.3. The number of hydrogen-bond donors (Lipinski definition) is 2. The van der Waals surface area contributed by atoms with Crippen molar-refractivity contribution in [1.29, 1.82) is 0 Å². The molecule has 0 aliphatic carbocycles. The number of anilines is 2. The maximum atomic E-state index is 14.3. The van der Waals surface area contributed by atoms with Crippen LogP contribution in [0.3, 0.4) is 0 Å². The van der Waals surface area contributed by atoms with E-state index in [9.17, 15) is 32.7 Å². The van der Waals surface area contributed by atoms with E-state index in [1.54, 1.807) is 11.5 Å². The third-order valence-electron chi connectivity index (χ3n) is 8.77. The van der Waals surface area contributed by atoms with Crippen LogP contribution in [-0.2, 0) is 23.9 Å². The van der Waals surface area contributed by atoms with Crippen molar-refractivity contribution >= 4 is 62.0 Å². The number of nitrogens with zero attached hydrogens (tertiary/aromatic N) is 8. The first-order valence-electron chi connectivity index (χ1n) is 16.1. The summed E-state index contributed by atoms with van der Waals surface area (Å²) in [6.07, 6.45) is -3.13. The molecule has 1 fully saturated rings. The molecule has 1 saturated heterocycles. The van der Waals surface area contributed by atoms with Gasteiger partial charge in [0.1, 0.15) is 18.6 Å². The van der Waals surface area contributed by atoms with Crippen molar-refractivity contribution in [1.82, 2.24) is 34.0 Å². The lowest BCUT2D eigenvalue weighted by Gasteiger charge is -2.36. The van der Waals surface area contributed by atoms with Crippen molar-refractivity contribution < 1.29 is 27.9 Å². The summed E-state index contributed by atoms with van der Waals surface area (Å²) in [5, 5.41) is 18.2. The number of fused-ring (bicyclic) bond motifs is 2. The fourth-order valence-corrected chi connectivity index (χ4v) is 7.38. The van der Waals surface area contributed by atoms with Crippen LogP contribution < -0.4 is 15.8 Å². The topological polar surface area (TPSA) is 151 Å². The highest BCUT2D eigenvalue weighted by atomic mass is 35.5. The van der Waals surface area contributed by atoms with Gasteiger partial charge in [-0.05, 0) is 49.1 Å². The lowest BCUT2D eigenvalue weighted by molar-refractivity contribution is -0.137. The average molecular weight is 752 g/mol. The number of halogens is 4. The minimum atomic E-state index is -4.62. The monoisotopic (exact) mass is 751 g/mol. The molecule has 0 saturated carbocycles. The van der Waals surface area contributed by atoms with Crippen molar-refractivity contribution in [2.45, 2.75) is 33.0 Å². The van der Waals surface area contributed by atoms with E-state index in [-0.39, 0.29) is 84.3 Å². The maximum Gasteiger partial charge on any atom is 0.416 e.